The third-order valence-electron chi connectivity index (χ3n) is 8.98. The van der Waals surface area contributed by atoms with Gasteiger partial charge >= 0.3 is 79.0 Å². The standard InChI is InChI=1S/C26H27F23N3O10P/c1-8(54)50-5-9-11(55)12(56)10(6-53)52(9)3-4-63(60,61)62-7-15(2,14(58)59)51-13(57)16(27,28)17(29,30)18(31,32)19(33,34)20(35,36)21(37,38)22(39,40)23(41,42)24(43,44)25(45,46)26(47,48)49/h9-12,53,55-56H,3-7H2,1-2H3,(H,50,54)(H,51,57)(H,58,59)(H,60,61)/t9-,10-,11-,12-,15?/m1/s1. The summed E-state index contributed by atoms with van der Waals surface area (Å²) < 4.78 is 333. The molecule has 1 aliphatic rings. The minimum Gasteiger partial charge on any atom is -0.479 e. The van der Waals surface area contributed by atoms with E-state index in [2.05, 4.69) is 9.84 Å². The highest BCUT2D eigenvalue weighted by molar-refractivity contribution is 7.52. The molecular formula is C26H27F23N3O10P. The van der Waals surface area contributed by atoms with Crippen LogP contribution in [-0.4, -0.2) is 176 Å². The van der Waals surface area contributed by atoms with E-state index in [4.69, 9.17) is 0 Å². The maximum atomic E-state index is 14.6. The van der Waals surface area contributed by atoms with Crippen molar-refractivity contribution < 1.29 is 150 Å². The first-order valence-electron chi connectivity index (χ1n) is 15.8. The van der Waals surface area contributed by atoms with Gasteiger partial charge in [-0.05, 0) is 6.92 Å². The molecule has 0 aliphatic carbocycles. The predicted molar refractivity (Wildman–Crippen MR) is 152 cm³/mol. The lowest BCUT2D eigenvalue weighted by atomic mass is 9.85. The molecule has 0 aromatic heterocycles. The summed E-state index contributed by atoms with van der Waals surface area (Å²) in [5.74, 6) is -100. The van der Waals surface area contributed by atoms with Crippen LogP contribution < -0.4 is 10.6 Å². The lowest BCUT2D eigenvalue weighted by Crippen LogP contribution is -2.78. The third-order valence-corrected chi connectivity index (χ3v) is 10.3. The molecule has 0 spiro atoms. The fourth-order valence-corrected chi connectivity index (χ4v) is 6.11. The van der Waals surface area contributed by atoms with E-state index >= 15 is 0 Å². The normalized spacial score (nSPS) is 22.9. The van der Waals surface area contributed by atoms with Crippen LogP contribution in [0.4, 0.5) is 101 Å². The Labute approximate surface area is 333 Å². The topological polar surface area (TPSA) is 206 Å². The SMILES string of the molecule is CC(=O)NC[C@@H]1[C@@H](O)[C@H](O)[C@@H](CO)N1CCP(=O)(O)OCC(C)(NC(=O)C(F)(F)C(F)(F)C(F)(F)C(F)(F)C(F)(F)C(F)(F)C(F)(F)C(F)(F)C(F)(F)C(F)(F)C(F)(F)F)C(=O)O. The Morgan fingerprint density at radius 1 is 0.635 bits per heavy atom. The Morgan fingerprint density at radius 2 is 0.984 bits per heavy atom. The summed E-state index contributed by atoms with van der Waals surface area (Å²) in [6.45, 7) is -4.12. The van der Waals surface area contributed by atoms with E-state index in [1.165, 1.54) is 0 Å². The van der Waals surface area contributed by atoms with Crippen LogP contribution in [0.15, 0.2) is 0 Å². The second-order valence-electron chi connectivity index (χ2n) is 13.4. The Hall–Kier alpha value is -3.21. The van der Waals surface area contributed by atoms with Gasteiger partial charge in [0.2, 0.25) is 5.91 Å². The van der Waals surface area contributed by atoms with Gasteiger partial charge in [0.25, 0.3) is 5.91 Å². The molecule has 13 nitrogen and oxygen atoms in total. The molecule has 372 valence electrons. The van der Waals surface area contributed by atoms with Crippen molar-refractivity contribution in [2.75, 3.05) is 32.5 Å². The van der Waals surface area contributed by atoms with Gasteiger partial charge in [-0.3, -0.25) is 19.1 Å². The summed E-state index contributed by atoms with van der Waals surface area (Å²) in [6, 6.07) is -2.91. The minimum atomic E-state index is -9.70. The summed E-state index contributed by atoms with van der Waals surface area (Å²) in [5, 5.41) is 41.5. The molecule has 0 saturated carbocycles. The maximum Gasteiger partial charge on any atom is 0.460 e. The molecule has 0 aromatic rings. The summed E-state index contributed by atoms with van der Waals surface area (Å²) in [6.07, 6.45) is -13.3. The highest BCUT2D eigenvalue weighted by Crippen LogP contribution is 2.67. The van der Waals surface area contributed by atoms with Gasteiger partial charge in [0, 0.05) is 20.0 Å². The van der Waals surface area contributed by atoms with Crippen LogP contribution in [0.1, 0.15) is 13.8 Å². The molecule has 1 heterocycles. The number of hydrogen-bond donors (Lipinski definition) is 7. The van der Waals surface area contributed by atoms with E-state index in [1.807, 2.05) is 0 Å². The molecule has 2 unspecified atom stereocenters. The molecule has 37 heteroatoms. The Morgan fingerprint density at radius 3 is 1.32 bits per heavy atom. The second-order valence-corrected chi connectivity index (χ2v) is 15.4. The largest absolute Gasteiger partial charge is 0.479 e. The van der Waals surface area contributed by atoms with Gasteiger partial charge in [0.15, 0.2) is 5.54 Å². The maximum absolute atomic E-state index is 14.6. The van der Waals surface area contributed by atoms with E-state index in [1.54, 1.807) is 0 Å². The molecule has 1 saturated heterocycles. The number of nitrogens with one attached hydrogen (secondary N) is 2. The number of halogens is 23. The molecule has 2 amide bonds. The van der Waals surface area contributed by atoms with Crippen molar-refractivity contribution >= 4 is 25.4 Å². The zero-order valence-electron chi connectivity index (χ0n) is 30.2. The number of aliphatic hydroxyl groups is 3. The number of nitrogens with zero attached hydrogens (tertiary/aromatic N) is 1. The van der Waals surface area contributed by atoms with Gasteiger partial charge in [0.05, 0.1) is 43.7 Å². The van der Waals surface area contributed by atoms with Gasteiger partial charge < -0.3 is 40.5 Å². The Kier molecular flexibility index (Phi) is 15.8. The molecule has 1 aliphatic heterocycles. The van der Waals surface area contributed by atoms with Gasteiger partial charge in [0.1, 0.15) is 0 Å². The molecule has 0 radical (unpaired) electrons. The molecule has 0 bridgehead atoms. The zero-order chi connectivity index (χ0) is 50.8. The van der Waals surface area contributed by atoms with Crippen LogP contribution >= 0.6 is 7.60 Å². The highest BCUT2D eigenvalue weighted by Gasteiger charge is 2.99. The number of likely N-dealkylation sites (tertiary alicyclic amines) is 1. The molecule has 1 rings (SSSR count). The van der Waals surface area contributed by atoms with Crippen LogP contribution in [0.25, 0.3) is 0 Å². The van der Waals surface area contributed by atoms with Crippen molar-refractivity contribution in [2.45, 2.75) is 109 Å². The van der Waals surface area contributed by atoms with Gasteiger partial charge in [-0.15, -0.1) is 0 Å². The number of carbonyl (C=O) groups is 3. The van der Waals surface area contributed by atoms with E-state index in [0.29, 0.717) is 0 Å². The summed E-state index contributed by atoms with van der Waals surface area (Å²) in [4.78, 5) is 46.0. The van der Waals surface area contributed by atoms with Crippen molar-refractivity contribution in [3.8, 4) is 0 Å². The van der Waals surface area contributed by atoms with E-state index < -0.39 is 153 Å². The number of alkyl halides is 23. The monoisotopic (exact) mass is 1010 g/mol. The molecule has 7 N–H and O–H groups in total. The van der Waals surface area contributed by atoms with Crippen molar-refractivity contribution in [1.29, 1.82) is 0 Å². The van der Waals surface area contributed by atoms with Crippen LogP contribution in [0.2, 0.25) is 0 Å². The number of carboxylic acids is 1. The van der Waals surface area contributed by atoms with Crippen molar-refractivity contribution in [3.05, 3.63) is 0 Å². The first kappa shape index (κ1) is 57.8. The van der Waals surface area contributed by atoms with Crippen molar-refractivity contribution in [1.82, 2.24) is 15.5 Å². The molecular weight excluding hydrogens is 982 g/mol. The second kappa shape index (κ2) is 17.2. The molecule has 0 aromatic carbocycles. The first-order chi connectivity index (χ1) is 27.4. The number of aliphatic hydroxyl groups excluding tert-OH is 3. The quantitative estimate of drug-likeness (QED) is 0.0648. The summed E-state index contributed by atoms with van der Waals surface area (Å²) in [7, 11) is -5.53. The summed E-state index contributed by atoms with van der Waals surface area (Å²) in [5.41, 5.74) is -4.03. The first-order valence-corrected chi connectivity index (χ1v) is 17.6. The fourth-order valence-electron chi connectivity index (χ4n) is 5.04. The van der Waals surface area contributed by atoms with Crippen LogP contribution in [0.3, 0.4) is 0 Å². The van der Waals surface area contributed by atoms with Crippen LogP contribution in [-0.2, 0) is 23.5 Å². The number of carbonyl (C=O) groups excluding carboxylic acids is 2. The fraction of sp³-hybridized carbons (Fsp3) is 0.885. The number of hydrogen-bond acceptors (Lipinski definition) is 9. The van der Waals surface area contributed by atoms with E-state index in [-0.39, 0.29) is 12.2 Å². The van der Waals surface area contributed by atoms with Crippen LogP contribution in [0, 0.1) is 0 Å². The third kappa shape index (κ3) is 9.17. The smallest absolute Gasteiger partial charge is 0.460 e. The number of aliphatic carboxylic acids is 1. The van der Waals surface area contributed by atoms with Crippen molar-refractivity contribution in [2.24, 2.45) is 0 Å². The highest BCUT2D eigenvalue weighted by atomic mass is 31.2. The predicted octanol–water partition coefficient (Wildman–Crippen LogP) is 3.97. The zero-order valence-corrected chi connectivity index (χ0v) is 31.1. The number of rotatable bonds is 21. The molecule has 6 atom stereocenters. The van der Waals surface area contributed by atoms with E-state index in [9.17, 15) is 145 Å². The van der Waals surface area contributed by atoms with Crippen molar-refractivity contribution in [3.63, 3.8) is 0 Å². The minimum absolute atomic E-state index is 0.0960. The van der Waals surface area contributed by atoms with Gasteiger partial charge in [-0.2, -0.15) is 101 Å². The van der Waals surface area contributed by atoms with Gasteiger partial charge in [-0.25, -0.2) is 4.79 Å². The van der Waals surface area contributed by atoms with Crippen LogP contribution in [0.5, 0.6) is 0 Å². The molecule has 1 fully saturated rings. The summed E-state index contributed by atoms with van der Waals surface area (Å²) >= 11 is 0. The van der Waals surface area contributed by atoms with Gasteiger partial charge in [-0.1, -0.05) is 0 Å². The Bertz CT molecular complexity index is 1750. The average Bonchev–Trinajstić information content (AvgIpc) is 3.34. The number of carboxylic acid groups (broad SMARTS) is 1. The average molecular weight is 1010 g/mol. The lowest BCUT2D eigenvalue weighted by molar-refractivity contribution is -0.477. The lowest BCUT2D eigenvalue weighted by Gasteiger charge is -2.45. The molecule has 63 heavy (non-hydrogen) atoms. The number of amides is 2. The Balaban J connectivity index is 3.57. The van der Waals surface area contributed by atoms with E-state index in [0.717, 1.165) is 11.8 Å².